The van der Waals surface area contributed by atoms with Gasteiger partial charge in [-0.15, -0.1) is 0 Å². The van der Waals surface area contributed by atoms with E-state index in [0.717, 1.165) is 0 Å². The van der Waals surface area contributed by atoms with Crippen LogP contribution in [-0.4, -0.2) is 28.3 Å². The van der Waals surface area contributed by atoms with E-state index in [2.05, 4.69) is 0 Å². The Bertz CT molecular complexity index is 298. The smallest absolute Gasteiger partial charge is 0.209 e. The van der Waals surface area contributed by atoms with E-state index in [9.17, 15) is 16.8 Å². The molecule has 0 saturated heterocycles. The first-order valence-corrected chi connectivity index (χ1v) is 7.15. The van der Waals surface area contributed by atoms with E-state index in [4.69, 9.17) is 10.3 Å². The summed E-state index contributed by atoms with van der Waals surface area (Å²) in [7, 11) is -6.84. The second kappa shape index (κ2) is 4.89. The summed E-state index contributed by atoms with van der Waals surface area (Å²) in [6.45, 7) is 0. The van der Waals surface area contributed by atoms with Gasteiger partial charge < -0.3 is 0 Å². The van der Waals surface area contributed by atoms with Gasteiger partial charge >= 0.3 is 0 Å². The molecule has 0 atom stereocenters. The Labute approximate surface area is 78.4 Å². The van der Waals surface area contributed by atoms with Crippen molar-refractivity contribution in [2.24, 2.45) is 10.3 Å². The van der Waals surface area contributed by atoms with Crippen LogP contribution in [0.2, 0.25) is 0 Å². The minimum absolute atomic E-state index is 0.113. The molecule has 0 bridgehead atoms. The Morgan fingerprint density at radius 3 is 1.23 bits per heavy atom. The fourth-order valence-corrected chi connectivity index (χ4v) is 2.00. The summed E-state index contributed by atoms with van der Waals surface area (Å²) >= 11 is 0. The van der Waals surface area contributed by atoms with Crippen LogP contribution in [0, 0.1) is 0 Å². The monoisotopic (exact) mass is 230 g/mol. The Hall–Kier alpha value is -0.180. The minimum Gasteiger partial charge on any atom is -0.229 e. The van der Waals surface area contributed by atoms with Gasteiger partial charge in [0.2, 0.25) is 20.0 Å². The molecule has 0 aliphatic heterocycles. The summed E-state index contributed by atoms with van der Waals surface area (Å²) in [6, 6.07) is 0. The van der Waals surface area contributed by atoms with Crippen LogP contribution in [0.3, 0.4) is 0 Å². The van der Waals surface area contributed by atoms with Crippen LogP contribution >= 0.6 is 0 Å². The lowest BCUT2D eigenvalue weighted by Gasteiger charge is -1.98. The maximum Gasteiger partial charge on any atom is 0.209 e. The van der Waals surface area contributed by atoms with Gasteiger partial charge in [-0.25, -0.2) is 27.1 Å². The number of hydrogen-bond donors (Lipinski definition) is 2. The van der Waals surface area contributed by atoms with Gasteiger partial charge in [0.15, 0.2) is 0 Å². The second-order valence-electron chi connectivity index (χ2n) is 2.79. The fourth-order valence-electron chi connectivity index (χ4n) is 0.783. The average Bonchev–Trinajstić information content (AvgIpc) is 1.81. The molecular weight excluding hydrogens is 216 g/mol. The zero-order valence-corrected chi connectivity index (χ0v) is 8.77. The van der Waals surface area contributed by atoms with E-state index >= 15 is 0 Å². The quantitative estimate of drug-likeness (QED) is 0.553. The van der Waals surface area contributed by atoms with Crippen molar-refractivity contribution in [1.29, 1.82) is 0 Å². The van der Waals surface area contributed by atoms with Gasteiger partial charge in [-0.3, -0.25) is 0 Å². The highest BCUT2D eigenvalue weighted by molar-refractivity contribution is 7.89. The number of unbranched alkanes of at least 4 members (excludes halogenated alkanes) is 2. The van der Waals surface area contributed by atoms with Crippen molar-refractivity contribution in [3.8, 4) is 0 Å². The Balaban J connectivity index is 3.50. The molecule has 0 fully saturated rings. The van der Waals surface area contributed by atoms with Gasteiger partial charge in [-0.2, -0.15) is 0 Å². The summed E-state index contributed by atoms with van der Waals surface area (Å²) in [5, 5.41) is 9.47. The van der Waals surface area contributed by atoms with Crippen LogP contribution in [0.4, 0.5) is 0 Å². The number of sulfonamides is 2. The molecule has 80 valence electrons. The van der Waals surface area contributed by atoms with Crippen LogP contribution in [0.15, 0.2) is 0 Å². The third-order valence-corrected chi connectivity index (χ3v) is 3.07. The van der Waals surface area contributed by atoms with Crippen molar-refractivity contribution in [2.75, 3.05) is 11.5 Å². The first-order valence-electron chi connectivity index (χ1n) is 3.72. The number of nitrogens with two attached hydrogens (primary N) is 2. The van der Waals surface area contributed by atoms with Gasteiger partial charge in [-0.05, 0) is 12.8 Å². The first kappa shape index (κ1) is 12.8. The predicted molar refractivity (Wildman–Crippen MR) is 49.8 cm³/mol. The maximum absolute atomic E-state index is 10.4. The van der Waals surface area contributed by atoms with Crippen LogP contribution in [-0.2, 0) is 20.0 Å². The van der Waals surface area contributed by atoms with Crippen LogP contribution < -0.4 is 10.3 Å². The van der Waals surface area contributed by atoms with Crippen molar-refractivity contribution >= 4 is 20.0 Å². The van der Waals surface area contributed by atoms with E-state index in [-0.39, 0.29) is 11.5 Å². The summed E-state index contributed by atoms with van der Waals surface area (Å²) in [4.78, 5) is 0. The van der Waals surface area contributed by atoms with Crippen molar-refractivity contribution < 1.29 is 16.8 Å². The van der Waals surface area contributed by atoms with Gasteiger partial charge in [0.05, 0.1) is 11.5 Å². The fraction of sp³-hybridized carbons (Fsp3) is 1.00. The summed E-state index contributed by atoms with van der Waals surface area (Å²) < 4.78 is 41.7. The maximum atomic E-state index is 10.4. The second-order valence-corrected chi connectivity index (χ2v) is 6.26. The Kier molecular flexibility index (Phi) is 4.82. The molecule has 0 rings (SSSR count). The molecule has 8 heteroatoms. The van der Waals surface area contributed by atoms with Gasteiger partial charge in [0.25, 0.3) is 0 Å². The van der Waals surface area contributed by atoms with Crippen molar-refractivity contribution in [3.05, 3.63) is 0 Å². The molecule has 0 aliphatic rings. The van der Waals surface area contributed by atoms with E-state index in [1.54, 1.807) is 0 Å². The third kappa shape index (κ3) is 11.8. The molecule has 0 aromatic heterocycles. The first-order chi connectivity index (χ1) is 5.71. The predicted octanol–water partition coefficient (Wildman–Crippen LogP) is -1.27. The van der Waals surface area contributed by atoms with Crippen LogP contribution in [0.25, 0.3) is 0 Å². The lowest BCUT2D eigenvalue weighted by atomic mass is 10.3. The molecule has 0 aliphatic carbocycles. The van der Waals surface area contributed by atoms with E-state index in [1.165, 1.54) is 0 Å². The topological polar surface area (TPSA) is 120 Å². The van der Waals surface area contributed by atoms with Crippen molar-refractivity contribution in [1.82, 2.24) is 0 Å². The van der Waals surface area contributed by atoms with E-state index in [1.807, 2.05) is 0 Å². The van der Waals surface area contributed by atoms with Gasteiger partial charge in [-0.1, -0.05) is 6.42 Å². The molecule has 0 heterocycles. The average molecular weight is 230 g/mol. The summed E-state index contributed by atoms with van der Waals surface area (Å²) in [5.74, 6) is -0.227. The molecule has 0 unspecified atom stereocenters. The molecule has 0 aromatic carbocycles. The molecule has 0 spiro atoms. The van der Waals surface area contributed by atoms with E-state index < -0.39 is 20.0 Å². The molecule has 0 aromatic rings. The van der Waals surface area contributed by atoms with Crippen LogP contribution in [0.1, 0.15) is 19.3 Å². The van der Waals surface area contributed by atoms with Gasteiger partial charge in [0, 0.05) is 0 Å². The van der Waals surface area contributed by atoms with E-state index in [0.29, 0.717) is 19.3 Å². The van der Waals surface area contributed by atoms with Crippen molar-refractivity contribution in [2.45, 2.75) is 19.3 Å². The Morgan fingerprint density at radius 2 is 1.00 bits per heavy atom. The minimum atomic E-state index is -3.42. The molecule has 4 N–H and O–H groups in total. The third-order valence-electron chi connectivity index (χ3n) is 1.36. The standard InChI is InChI=1S/C5H14N2O4S2/c6-12(8,9)4-2-1-3-5-13(7,10)11/h1-5H2,(H2,6,8,9)(H2,7,10,11). The lowest BCUT2D eigenvalue weighted by molar-refractivity contribution is 0.589. The highest BCUT2D eigenvalue weighted by atomic mass is 32.2. The molecule has 13 heavy (non-hydrogen) atoms. The van der Waals surface area contributed by atoms with Gasteiger partial charge in [0.1, 0.15) is 0 Å². The zero-order valence-electron chi connectivity index (χ0n) is 7.14. The SMILES string of the molecule is NS(=O)(=O)CCCCCS(N)(=O)=O. The lowest BCUT2D eigenvalue weighted by Crippen LogP contribution is -2.18. The molecule has 0 amide bonds. The highest BCUT2D eigenvalue weighted by Crippen LogP contribution is 1.98. The van der Waals surface area contributed by atoms with Crippen LogP contribution in [0.5, 0.6) is 0 Å². The largest absolute Gasteiger partial charge is 0.229 e. The number of hydrogen-bond acceptors (Lipinski definition) is 4. The molecule has 6 nitrogen and oxygen atoms in total. The number of primary sulfonamides is 2. The van der Waals surface area contributed by atoms with Crippen molar-refractivity contribution in [3.63, 3.8) is 0 Å². The zero-order chi connectivity index (χ0) is 10.5. The summed E-state index contributed by atoms with van der Waals surface area (Å²) in [6.07, 6.45) is 1.23. The number of rotatable bonds is 6. The summed E-state index contributed by atoms with van der Waals surface area (Å²) in [5.41, 5.74) is 0. The normalized spacial score (nSPS) is 13.1. The molecule has 0 saturated carbocycles. The Morgan fingerprint density at radius 1 is 0.692 bits per heavy atom. The highest BCUT2D eigenvalue weighted by Gasteiger charge is 2.04. The molecular formula is C5H14N2O4S2. The molecule has 0 radical (unpaired) electrons.